The average Bonchev–Trinajstić information content (AvgIpc) is 2.45. The van der Waals surface area contributed by atoms with E-state index in [-0.39, 0.29) is 0 Å². The molecule has 0 aliphatic rings. The van der Waals surface area contributed by atoms with Crippen LogP contribution in [0, 0.1) is 6.92 Å². The maximum atomic E-state index is 5.95. The summed E-state index contributed by atoms with van der Waals surface area (Å²) in [5, 5.41) is 4.09. The van der Waals surface area contributed by atoms with Crippen LogP contribution >= 0.6 is 11.6 Å². The van der Waals surface area contributed by atoms with Gasteiger partial charge in [-0.25, -0.2) is 0 Å². The van der Waals surface area contributed by atoms with Gasteiger partial charge in [-0.1, -0.05) is 42.8 Å². The van der Waals surface area contributed by atoms with Gasteiger partial charge in [-0.3, -0.25) is 0 Å². The second kappa shape index (κ2) is 7.32. The highest BCUT2D eigenvalue weighted by atomic mass is 35.5. The summed E-state index contributed by atoms with van der Waals surface area (Å²) in [6.45, 7) is 6.52. The Bertz CT molecular complexity index is 569. The minimum Gasteiger partial charge on any atom is -0.489 e. The van der Waals surface area contributed by atoms with E-state index in [1.807, 2.05) is 31.2 Å². The van der Waals surface area contributed by atoms with E-state index in [1.54, 1.807) is 0 Å². The van der Waals surface area contributed by atoms with Crippen LogP contribution in [-0.4, -0.2) is 6.54 Å². The van der Waals surface area contributed by atoms with E-state index in [2.05, 4.69) is 30.4 Å². The fourth-order valence-electron chi connectivity index (χ4n) is 2.06. The van der Waals surface area contributed by atoms with Gasteiger partial charge in [0.25, 0.3) is 0 Å². The summed E-state index contributed by atoms with van der Waals surface area (Å²) in [7, 11) is 0. The van der Waals surface area contributed by atoms with Gasteiger partial charge in [0.2, 0.25) is 0 Å². The molecule has 0 radical (unpaired) electrons. The van der Waals surface area contributed by atoms with Gasteiger partial charge in [0.15, 0.2) is 0 Å². The molecule has 0 amide bonds. The highest BCUT2D eigenvalue weighted by Crippen LogP contribution is 2.23. The lowest BCUT2D eigenvalue weighted by Crippen LogP contribution is -2.14. The van der Waals surface area contributed by atoms with Gasteiger partial charge in [0.05, 0.1) is 0 Å². The molecule has 0 spiro atoms. The molecule has 1 N–H and O–H groups in total. The molecule has 20 heavy (non-hydrogen) atoms. The van der Waals surface area contributed by atoms with Crippen LogP contribution in [0.5, 0.6) is 5.75 Å². The number of hydrogen-bond donors (Lipinski definition) is 1. The van der Waals surface area contributed by atoms with Crippen LogP contribution in [0.25, 0.3) is 0 Å². The van der Waals surface area contributed by atoms with E-state index < -0.39 is 0 Å². The van der Waals surface area contributed by atoms with Gasteiger partial charge in [0, 0.05) is 11.6 Å². The van der Waals surface area contributed by atoms with Crippen molar-refractivity contribution in [2.24, 2.45) is 0 Å². The van der Waals surface area contributed by atoms with E-state index >= 15 is 0 Å². The Labute approximate surface area is 125 Å². The Morgan fingerprint density at radius 1 is 1.10 bits per heavy atom. The minimum absolute atomic E-state index is 0.573. The molecule has 0 heterocycles. The first-order valence-electron chi connectivity index (χ1n) is 6.87. The summed E-state index contributed by atoms with van der Waals surface area (Å²) in [5.74, 6) is 0.882. The molecule has 106 valence electrons. The summed E-state index contributed by atoms with van der Waals surface area (Å²) in [6.07, 6.45) is 0. The van der Waals surface area contributed by atoms with Crippen LogP contribution in [0.1, 0.15) is 23.6 Å². The molecule has 2 aromatic carbocycles. The first-order valence-corrected chi connectivity index (χ1v) is 7.25. The van der Waals surface area contributed by atoms with E-state index in [4.69, 9.17) is 16.3 Å². The van der Waals surface area contributed by atoms with Crippen LogP contribution in [0.4, 0.5) is 0 Å². The van der Waals surface area contributed by atoms with Crippen LogP contribution in [0.3, 0.4) is 0 Å². The lowest BCUT2D eigenvalue weighted by atomic mass is 10.1. The van der Waals surface area contributed by atoms with Crippen molar-refractivity contribution >= 4 is 11.6 Å². The molecule has 0 aromatic heterocycles. The monoisotopic (exact) mass is 289 g/mol. The Morgan fingerprint density at radius 2 is 1.85 bits per heavy atom. The molecule has 2 aromatic rings. The summed E-state index contributed by atoms with van der Waals surface area (Å²) in [4.78, 5) is 0. The fraction of sp³-hybridized carbons (Fsp3) is 0.294. The van der Waals surface area contributed by atoms with Crippen molar-refractivity contribution in [1.29, 1.82) is 0 Å². The third-order valence-electron chi connectivity index (χ3n) is 3.20. The standard InChI is InChI=1S/C17H20ClNO/c1-3-19-11-14-6-4-5-7-15(14)12-20-17-9-8-16(18)10-13(17)2/h4-10,19H,3,11-12H2,1-2H3. The lowest BCUT2D eigenvalue weighted by molar-refractivity contribution is 0.302. The van der Waals surface area contributed by atoms with Gasteiger partial charge in [0.1, 0.15) is 12.4 Å². The number of aryl methyl sites for hydroxylation is 1. The molecule has 3 heteroatoms. The molecule has 0 saturated heterocycles. The highest BCUT2D eigenvalue weighted by molar-refractivity contribution is 6.30. The van der Waals surface area contributed by atoms with Crippen molar-refractivity contribution in [3.63, 3.8) is 0 Å². The first-order chi connectivity index (χ1) is 9.70. The smallest absolute Gasteiger partial charge is 0.122 e. The second-order valence-electron chi connectivity index (χ2n) is 4.75. The third kappa shape index (κ3) is 3.99. The number of rotatable bonds is 6. The zero-order valence-electron chi connectivity index (χ0n) is 11.9. The molecule has 2 nitrogen and oxygen atoms in total. The largest absolute Gasteiger partial charge is 0.489 e. The molecule has 0 bridgehead atoms. The lowest BCUT2D eigenvalue weighted by Gasteiger charge is -2.13. The minimum atomic E-state index is 0.573. The van der Waals surface area contributed by atoms with Gasteiger partial charge in [-0.05, 0) is 48.4 Å². The average molecular weight is 290 g/mol. The van der Waals surface area contributed by atoms with E-state index in [1.165, 1.54) is 11.1 Å². The quantitative estimate of drug-likeness (QED) is 0.854. The predicted octanol–water partition coefficient (Wildman–Crippen LogP) is 4.34. The second-order valence-corrected chi connectivity index (χ2v) is 5.18. The number of halogens is 1. The Hall–Kier alpha value is -1.51. The summed E-state index contributed by atoms with van der Waals surface area (Å²) >= 11 is 5.95. The number of nitrogens with one attached hydrogen (secondary N) is 1. The maximum Gasteiger partial charge on any atom is 0.122 e. The van der Waals surface area contributed by atoms with Crippen molar-refractivity contribution in [3.8, 4) is 5.75 Å². The Balaban J connectivity index is 2.06. The summed E-state index contributed by atoms with van der Waals surface area (Å²) < 4.78 is 5.91. The van der Waals surface area contributed by atoms with Crippen LogP contribution in [0.15, 0.2) is 42.5 Å². The van der Waals surface area contributed by atoms with Crippen molar-refractivity contribution in [2.75, 3.05) is 6.54 Å². The fourth-order valence-corrected chi connectivity index (χ4v) is 2.29. The van der Waals surface area contributed by atoms with E-state index in [9.17, 15) is 0 Å². The van der Waals surface area contributed by atoms with Crippen molar-refractivity contribution in [2.45, 2.75) is 27.0 Å². The molecule has 0 aliphatic heterocycles. The summed E-state index contributed by atoms with van der Waals surface area (Å²) in [5.41, 5.74) is 3.55. The SMILES string of the molecule is CCNCc1ccccc1COc1ccc(Cl)cc1C. The molecular weight excluding hydrogens is 270 g/mol. The van der Waals surface area contributed by atoms with Crippen molar-refractivity contribution < 1.29 is 4.74 Å². The van der Waals surface area contributed by atoms with Crippen molar-refractivity contribution in [3.05, 3.63) is 64.2 Å². The topological polar surface area (TPSA) is 21.3 Å². The van der Waals surface area contributed by atoms with Gasteiger partial charge in [-0.2, -0.15) is 0 Å². The van der Waals surface area contributed by atoms with Crippen molar-refractivity contribution in [1.82, 2.24) is 5.32 Å². The van der Waals surface area contributed by atoms with Gasteiger partial charge < -0.3 is 10.1 Å². The van der Waals surface area contributed by atoms with Gasteiger partial charge >= 0.3 is 0 Å². The zero-order valence-corrected chi connectivity index (χ0v) is 12.7. The molecule has 0 fully saturated rings. The molecular formula is C17H20ClNO. The molecule has 0 saturated carbocycles. The Kier molecular flexibility index (Phi) is 5.45. The molecule has 0 atom stereocenters. The van der Waals surface area contributed by atoms with Crippen LogP contribution in [-0.2, 0) is 13.2 Å². The number of hydrogen-bond acceptors (Lipinski definition) is 2. The van der Waals surface area contributed by atoms with E-state index in [0.717, 1.165) is 29.4 Å². The van der Waals surface area contributed by atoms with Gasteiger partial charge in [-0.15, -0.1) is 0 Å². The maximum absolute atomic E-state index is 5.95. The molecule has 0 aliphatic carbocycles. The number of benzene rings is 2. The normalized spacial score (nSPS) is 10.6. The predicted molar refractivity (Wildman–Crippen MR) is 84.3 cm³/mol. The molecule has 0 unspecified atom stereocenters. The third-order valence-corrected chi connectivity index (χ3v) is 3.44. The van der Waals surface area contributed by atoms with E-state index in [0.29, 0.717) is 6.61 Å². The molecule has 2 rings (SSSR count). The first kappa shape index (κ1) is 14.9. The van der Waals surface area contributed by atoms with Crippen LogP contribution in [0.2, 0.25) is 5.02 Å². The number of ether oxygens (including phenoxy) is 1. The zero-order chi connectivity index (χ0) is 14.4. The van der Waals surface area contributed by atoms with Crippen LogP contribution < -0.4 is 10.1 Å². The Morgan fingerprint density at radius 3 is 2.55 bits per heavy atom. The highest BCUT2D eigenvalue weighted by Gasteiger charge is 2.04. The summed E-state index contributed by atoms with van der Waals surface area (Å²) in [6, 6.07) is 14.0.